The van der Waals surface area contributed by atoms with E-state index < -0.39 is 5.60 Å². The fourth-order valence-corrected chi connectivity index (χ4v) is 3.79. The third-order valence-electron chi connectivity index (χ3n) is 3.62. The highest BCUT2D eigenvalue weighted by Gasteiger charge is 2.30. The summed E-state index contributed by atoms with van der Waals surface area (Å²) in [5.74, 6) is 1.80. The molecule has 1 aliphatic rings. The Hall–Kier alpha value is -0.940. The van der Waals surface area contributed by atoms with Crippen LogP contribution in [0.5, 0.6) is 0 Å². The summed E-state index contributed by atoms with van der Waals surface area (Å²) < 4.78 is 5.54. The predicted molar refractivity (Wildman–Crippen MR) is 96.0 cm³/mol. The smallest absolute Gasteiger partial charge is 0.410 e. The van der Waals surface area contributed by atoms with Gasteiger partial charge in [0.2, 0.25) is 0 Å². The third-order valence-corrected chi connectivity index (χ3v) is 5.00. The van der Waals surface area contributed by atoms with Crippen LogP contribution in [0.25, 0.3) is 0 Å². The second-order valence-corrected chi connectivity index (χ2v) is 8.25. The lowest BCUT2D eigenvalue weighted by atomic mass is 10.0. The van der Waals surface area contributed by atoms with Crippen molar-refractivity contribution in [2.24, 2.45) is 0 Å². The SMILES string of the molecule is CC(C)(C)OC(=O)N1CCCCC1CSCc1ccc(Cl)nc1. The zero-order valence-corrected chi connectivity index (χ0v) is 15.6. The summed E-state index contributed by atoms with van der Waals surface area (Å²) >= 11 is 7.62. The Balaban J connectivity index is 1.86. The number of carbonyl (C=O) groups excluding carboxylic acids is 1. The lowest BCUT2D eigenvalue weighted by molar-refractivity contribution is 0.0126. The number of piperidine rings is 1. The van der Waals surface area contributed by atoms with Gasteiger partial charge >= 0.3 is 6.09 Å². The van der Waals surface area contributed by atoms with Gasteiger partial charge in [-0.25, -0.2) is 9.78 Å². The van der Waals surface area contributed by atoms with Crippen LogP contribution in [0, 0.1) is 0 Å². The molecule has 0 aromatic carbocycles. The molecular weight excluding hydrogens is 332 g/mol. The van der Waals surface area contributed by atoms with Gasteiger partial charge in [0.15, 0.2) is 0 Å². The molecular formula is C17H25ClN2O2S. The molecule has 1 atom stereocenters. The molecule has 1 aliphatic heterocycles. The van der Waals surface area contributed by atoms with Crippen molar-refractivity contribution in [2.75, 3.05) is 12.3 Å². The molecule has 0 N–H and O–H groups in total. The fourth-order valence-electron chi connectivity index (χ4n) is 2.54. The number of ether oxygens (including phenoxy) is 1. The van der Waals surface area contributed by atoms with Gasteiger partial charge in [0.1, 0.15) is 10.8 Å². The van der Waals surface area contributed by atoms with Crippen LogP contribution in [0.2, 0.25) is 5.15 Å². The largest absolute Gasteiger partial charge is 0.444 e. The minimum atomic E-state index is -0.443. The number of amides is 1. The van der Waals surface area contributed by atoms with Gasteiger partial charge in [-0.2, -0.15) is 11.8 Å². The number of likely N-dealkylation sites (tertiary alicyclic amines) is 1. The first-order valence-corrected chi connectivity index (χ1v) is 9.56. The van der Waals surface area contributed by atoms with Gasteiger partial charge in [-0.3, -0.25) is 0 Å². The fraction of sp³-hybridized carbons (Fsp3) is 0.647. The Morgan fingerprint density at radius 2 is 2.22 bits per heavy atom. The number of thioether (sulfide) groups is 1. The number of nitrogens with zero attached hydrogens (tertiary/aromatic N) is 2. The average Bonchev–Trinajstić information content (AvgIpc) is 2.48. The molecule has 0 saturated carbocycles. The summed E-state index contributed by atoms with van der Waals surface area (Å²) in [5, 5.41) is 0.516. The lowest BCUT2D eigenvalue weighted by Crippen LogP contribution is -2.47. The van der Waals surface area contributed by atoms with E-state index in [0.717, 1.165) is 36.5 Å². The van der Waals surface area contributed by atoms with Crippen LogP contribution in [0.4, 0.5) is 4.79 Å². The Morgan fingerprint density at radius 1 is 1.43 bits per heavy atom. The first-order valence-electron chi connectivity index (χ1n) is 8.03. The second-order valence-electron chi connectivity index (χ2n) is 6.83. The van der Waals surface area contributed by atoms with Crippen LogP contribution >= 0.6 is 23.4 Å². The summed E-state index contributed by atoms with van der Waals surface area (Å²) in [6.07, 6.45) is 4.90. The Morgan fingerprint density at radius 3 is 2.87 bits per heavy atom. The Kier molecular flexibility index (Phi) is 6.60. The summed E-state index contributed by atoms with van der Waals surface area (Å²) in [6, 6.07) is 4.06. The summed E-state index contributed by atoms with van der Waals surface area (Å²) in [5.41, 5.74) is 0.709. The topological polar surface area (TPSA) is 42.4 Å². The van der Waals surface area contributed by atoms with E-state index in [1.54, 1.807) is 0 Å². The highest BCUT2D eigenvalue weighted by Crippen LogP contribution is 2.24. The molecule has 0 aliphatic carbocycles. The van der Waals surface area contributed by atoms with E-state index >= 15 is 0 Å². The van der Waals surface area contributed by atoms with Crippen molar-refractivity contribution in [1.82, 2.24) is 9.88 Å². The van der Waals surface area contributed by atoms with Gasteiger partial charge in [-0.1, -0.05) is 17.7 Å². The maximum atomic E-state index is 12.4. The molecule has 0 bridgehead atoms. The van der Waals surface area contributed by atoms with Crippen molar-refractivity contribution in [1.29, 1.82) is 0 Å². The van der Waals surface area contributed by atoms with Crippen molar-refractivity contribution < 1.29 is 9.53 Å². The van der Waals surface area contributed by atoms with E-state index in [1.807, 2.05) is 55.8 Å². The number of aromatic nitrogens is 1. The maximum Gasteiger partial charge on any atom is 0.410 e. The van der Waals surface area contributed by atoms with Gasteiger partial charge in [0.05, 0.1) is 0 Å². The van der Waals surface area contributed by atoms with Gasteiger partial charge in [-0.05, 0) is 51.7 Å². The third kappa shape index (κ3) is 6.22. The number of pyridine rings is 1. The molecule has 6 heteroatoms. The molecule has 0 radical (unpaired) electrons. The van der Waals surface area contributed by atoms with Gasteiger partial charge in [-0.15, -0.1) is 0 Å². The number of rotatable bonds is 4. The second kappa shape index (κ2) is 8.25. The summed E-state index contributed by atoms with van der Waals surface area (Å²) in [6.45, 7) is 6.52. The quantitative estimate of drug-likeness (QED) is 0.729. The normalized spacial score (nSPS) is 18.8. The molecule has 1 aromatic rings. The molecule has 2 rings (SSSR count). The van der Waals surface area contributed by atoms with Crippen LogP contribution in [0.3, 0.4) is 0 Å². The molecule has 2 heterocycles. The predicted octanol–water partition coefficient (Wildman–Crippen LogP) is 4.76. The summed E-state index contributed by atoms with van der Waals surface area (Å²) in [7, 11) is 0. The molecule has 4 nitrogen and oxygen atoms in total. The van der Waals surface area contributed by atoms with Gasteiger partial charge < -0.3 is 9.64 Å². The van der Waals surface area contributed by atoms with Gasteiger partial charge in [0, 0.05) is 30.3 Å². The minimum absolute atomic E-state index is 0.184. The molecule has 1 aromatic heterocycles. The summed E-state index contributed by atoms with van der Waals surface area (Å²) in [4.78, 5) is 18.4. The van der Waals surface area contributed by atoms with E-state index in [2.05, 4.69) is 4.98 Å². The van der Waals surface area contributed by atoms with Gasteiger partial charge in [0.25, 0.3) is 0 Å². The monoisotopic (exact) mass is 356 g/mol. The molecule has 23 heavy (non-hydrogen) atoms. The highest BCUT2D eigenvalue weighted by molar-refractivity contribution is 7.98. The van der Waals surface area contributed by atoms with Crippen molar-refractivity contribution in [3.8, 4) is 0 Å². The van der Waals surface area contributed by atoms with E-state index in [-0.39, 0.29) is 12.1 Å². The zero-order valence-electron chi connectivity index (χ0n) is 14.0. The first kappa shape index (κ1) is 18.4. The first-order chi connectivity index (χ1) is 10.8. The molecule has 0 spiro atoms. The van der Waals surface area contributed by atoms with Crippen molar-refractivity contribution >= 4 is 29.5 Å². The number of carbonyl (C=O) groups is 1. The van der Waals surface area contributed by atoms with Crippen LogP contribution in [0.15, 0.2) is 18.3 Å². The van der Waals surface area contributed by atoms with Crippen LogP contribution in [-0.4, -0.2) is 39.9 Å². The van der Waals surface area contributed by atoms with Crippen LogP contribution < -0.4 is 0 Å². The molecule has 1 amide bonds. The zero-order chi connectivity index (χ0) is 16.9. The molecule has 1 saturated heterocycles. The molecule has 1 fully saturated rings. The average molecular weight is 357 g/mol. The lowest BCUT2D eigenvalue weighted by Gasteiger charge is -2.36. The molecule has 128 valence electrons. The van der Waals surface area contributed by atoms with E-state index in [4.69, 9.17) is 16.3 Å². The van der Waals surface area contributed by atoms with Crippen LogP contribution in [0.1, 0.15) is 45.6 Å². The van der Waals surface area contributed by atoms with E-state index in [1.165, 1.54) is 6.42 Å². The Labute approximate surface area is 147 Å². The number of halogens is 1. The van der Waals surface area contributed by atoms with E-state index in [9.17, 15) is 4.79 Å². The number of hydrogen-bond donors (Lipinski definition) is 0. The minimum Gasteiger partial charge on any atom is -0.444 e. The van der Waals surface area contributed by atoms with E-state index in [0.29, 0.717) is 5.15 Å². The van der Waals surface area contributed by atoms with Crippen molar-refractivity contribution in [2.45, 2.75) is 57.4 Å². The molecule has 1 unspecified atom stereocenters. The Bertz CT molecular complexity index is 516. The highest BCUT2D eigenvalue weighted by atomic mass is 35.5. The number of hydrogen-bond acceptors (Lipinski definition) is 4. The van der Waals surface area contributed by atoms with Crippen LogP contribution in [-0.2, 0) is 10.5 Å². The standard InChI is InChI=1S/C17H25ClN2O2S/c1-17(2,3)22-16(21)20-9-5-4-6-14(20)12-23-11-13-7-8-15(18)19-10-13/h7-8,10,14H,4-6,9,11-12H2,1-3H3. The maximum absolute atomic E-state index is 12.4. The van der Waals surface area contributed by atoms with Crippen molar-refractivity contribution in [3.63, 3.8) is 0 Å². The van der Waals surface area contributed by atoms with Crippen molar-refractivity contribution in [3.05, 3.63) is 29.0 Å².